The van der Waals surface area contributed by atoms with Gasteiger partial charge in [0.1, 0.15) is 12.6 Å². The summed E-state index contributed by atoms with van der Waals surface area (Å²) in [5.74, 6) is -0.236. The minimum Gasteiger partial charge on any atom is -0.372 e. The average Bonchev–Trinajstić information content (AvgIpc) is 3.04. The molecule has 0 aromatic carbocycles. The SMILES string of the molecule is O=C(N[C@@H]([NH2+]C[C@@H]1CCCO1)C(Cl)(Cl)Cl)c1cccs1. The molecule has 1 saturated heterocycles. The zero-order valence-corrected chi connectivity index (χ0v) is 13.7. The Morgan fingerprint density at radius 2 is 2.40 bits per heavy atom. The van der Waals surface area contributed by atoms with E-state index in [4.69, 9.17) is 39.5 Å². The summed E-state index contributed by atoms with van der Waals surface area (Å²) in [6.07, 6.45) is 1.57. The number of nitrogens with two attached hydrogens (primary N) is 1. The summed E-state index contributed by atoms with van der Waals surface area (Å²) in [7, 11) is 0. The summed E-state index contributed by atoms with van der Waals surface area (Å²) >= 11 is 19.2. The molecule has 2 atom stereocenters. The number of alkyl halides is 3. The van der Waals surface area contributed by atoms with Crippen LogP contribution in [0.2, 0.25) is 0 Å². The Morgan fingerprint density at radius 1 is 1.60 bits per heavy atom. The maximum atomic E-state index is 12.0. The van der Waals surface area contributed by atoms with Gasteiger partial charge in [-0.25, -0.2) is 0 Å². The smallest absolute Gasteiger partial charge is 0.265 e. The fraction of sp³-hybridized carbons (Fsp3) is 0.583. The van der Waals surface area contributed by atoms with E-state index in [1.165, 1.54) is 11.3 Å². The van der Waals surface area contributed by atoms with Gasteiger partial charge < -0.3 is 10.1 Å². The van der Waals surface area contributed by atoms with Gasteiger partial charge in [0.2, 0.25) is 6.17 Å². The molecule has 1 fully saturated rings. The van der Waals surface area contributed by atoms with Crippen molar-refractivity contribution in [3.8, 4) is 0 Å². The highest BCUT2D eigenvalue weighted by Gasteiger charge is 2.38. The van der Waals surface area contributed by atoms with E-state index in [0.29, 0.717) is 11.4 Å². The van der Waals surface area contributed by atoms with E-state index >= 15 is 0 Å². The van der Waals surface area contributed by atoms with Gasteiger partial charge >= 0.3 is 0 Å². The standard InChI is InChI=1S/C12H15Cl3N2O2S/c13-12(14,15)11(16-7-8-3-1-5-19-8)17-10(18)9-4-2-6-20-9/h2,4,6,8,11,16H,1,3,5,7H2,(H,17,18)/p+1/t8-,11+/m0/s1. The number of carbonyl (C=O) groups is 1. The zero-order valence-electron chi connectivity index (χ0n) is 10.7. The first-order chi connectivity index (χ1) is 9.47. The van der Waals surface area contributed by atoms with Crippen molar-refractivity contribution < 1.29 is 14.8 Å². The molecule has 0 spiro atoms. The third kappa shape index (κ3) is 4.76. The lowest BCUT2D eigenvalue weighted by molar-refractivity contribution is -0.697. The Bertz CT molecular complexity index is 430. The van der Waals surface area contributed by atoms with Crippen LogP contribution in [0.4, 0.5) is 0 Å². The average molecular weight is 359 g/mol. The van der Waals surface area contributed by atoms with Crippen LogP contribution >= 0.6 is 46.1 Å². The first-order valence-corrected chi connectivity index (χ1v) is 8.34. The number of rotatable bonds is 5. The van der Waals surface area contributed by atoms with Crippen LogP contribution in [-0.2, 0) is 4.74 Å². The van der Waals surface area contributed by atoms with Crippen molar-refractivity contribution in [2.75, 3.05) is 13.2 Å². The minimum absolute atomic E-state index is 0.156. The van der Waals surface area contributed by atoms with Crippen LogP contribution in [0.15, 0.2) is 17.5 Å². The van der Waals surface area contributed by atoms with Gasteiger partial charge in [0.15, 0.2) is 0 Å². The number of amides is 1. The Hall–Kier alpha value is -0.0400. The molecule has 112 valence electrons. The number of halogens is 3. The number of carbonyl (C=O) groups excluding carboxylic acids is 1. The number of thiophene rings is 1. The Balaban J connectivity index is 1.91. The van der Waals surface area contributed by atoms with Gasteiger partial charge in [0.05, 0.1) is 4.88 Å². The van der Waals surface area contributed by atoms with Gasteiger partial charge in [-0.1, -0.05) is 40.9 Å². The Morgan fingerprint density at radius 3 is 2.95 bits per heavy atom. The lowest BCUT2D eigenvalue weighted by Crippen LogP contribution is -2.97. The quantitative estimate of drug-likeness (QED) is 0.624. The normalized spacial score (nSPS) is 20.9. The Labute approximate surface area is 136 Å². The van der Waals surface area contributed by atoms with Crippen LogP contribution in [0.1, 0.15) is 22.5 Å². The summed E-state index contributed by atoms with van der Waals surface area (Å²) in [6.45, 7) is 1.43. The van der Waals surface area contributed by atoms with E-state index in [1.54, 1.807) is 12.1 Å². The van der Waals surface area contributed by atoms with Crippen molar-refractivity contribution in [1.82, 2.24) is 5.32 Å². The number of hydrogen-bond donors (Lipinski definition) is 2. The van der Waals surface area contributed by atoms with E-state index in [1.807, 2.05) is 10.7 Å². The van der Waals surface area contributed by atoms with Crippen molar-refractivity contribution >= 4 is 52.0 Å². The van der Waals surface area contributed by atoms with Gasteiger partial charge in [-0.2, -0.15) is 0 Å². The highest BCUT2D eigenvalue weighted by atomic mass is 35.6. The number of hydrogen-bond acceptors (Lipinski definition) is 3. The van der Waals surface area contributed by atoms with Crippen LogP contribution in [0.3, 0.4) is 0 Å². The van der Waals surface area contributed by atoms with Crippen LogP contribution in [-0.4, -0.2) is 35.1 Å². The summed E-state index contributed by atoms with van der Waals surface area (Å²) in [4.78, 5) is 12.6. The molecule has 0 bridgehead atoms. The second kappa shape index (κ2) is 7.29. The maximum absolute atomic E-state index is 12.0. The van der Waals surface area contributed by atoms with Gasteiger partial charge in [-0.3, -0.25) is 10.1 Å². The van der Waals surface area contributed by atoms with Crippen molar-refractivity contribution in [3.05, 3.63) is 22.4 Å². The van der Waals surface area contributed by atoms with Crippen molar-refractivity contribution in [1.29, 1.82) is 0 Å². The topological polar surface area (TPSA) is 54.9 Å². The number of nitrogens with one attached hydrogen (secondary N) is 1. The zero-order chi connectivity index (χ0) is 14.6. The van der Waals surface area contributed by atoms with Crippen LogP contribution < -0.4 is 10.6 Å². The molecule has 1 aromatic heterocycles. The fourth-order valence-electron chi connectivity index (χ4n) is 2.01. The molecule has 0 radical (unpaired) electrons. The molecule has 1 aliphatic heterocycles. The first-order valence-electron chi connectivity index (χ1n) is 6.33. The molecule has 20 heavy (non-hydrogen) atoms. The second-order valence-electron chi connectivity index (χ2n) is 4.58. The van der Waals surface area contributed by atoms with Crippen LogP contribution in [0.5, 0.6) is 0 Å². The molecule has 2 heterocycles. The van der Waals surface area contributed by atoms with Gasteiger partial charge in [-0.05, 0) is 24.3 Å². The summed E-state index contributed by atoms with van der Waals surface area (Å²) in [6, 6.07) is 3.54. The highest BCUT2D eigenvalue weighted by molar-refractivity contribution is 7.12. The molecule has 3 N–H and O–H groups in total. The third-order valence-electron chi connectivity index (χ3n) is 3.04. The molecule has 2 rings (SSSR count). The summed E-state index contributed by atoms with van der Waals surface area (Å²) < 4.78 is 3.94. The molecule has 8 heteroatoms. The van der Waals surface area contributed by atoms with Crippen LogP contribution in [0.25, 0.3) is 0 Å². The van der Waals surface area contributed by atoms with Crippen molar-refractivity contribution in [2.45, 2.75) is 28.9 Å². The third-order valence-corrected chi connectivity index (χ3v) is 4.62. The highest BCUT2D eigenvalue weighted by Crippen LogP contribution is 2.27. The molecule has 1 aliphatic rings. The number of ether oxygens (including phenoxy) is 1. The molecule has 0 unspecified atom stereocenters. The molecule has 1 aromatic rings. The second-order valence-corrected chi connectivity index (χ2v) is 7.89. The van der Waals surface area contributed by atoms with Crippen LogP contribution in [0, 0.1) is 0 Å². The predicted octanol–water partition coefficient (Wildman–Crippen LogP) is 1.92. The van der Waals surface area contributed by atoms with E-state index in [0.717, 1.165) is 19.4 Å². The monoisotopic (exact) mass is 357 g/mol. The molecular weight excluding hydrogens is 343 g/mol. The van der Waals surface area contributed by atoms with E-state index < -0.39 is 9.96 Å². The molecule has 0 saturated carbocycles. The Kier molecular flexibility index (Phi) is 5.95. The maximum Gasteiger partial charge on any atom is 0.265 e. The molecular formula is C12H16Cl3N2O2S+. The lowest BCUT2D eigenvalue weighted by Gasteiger charge is -2.24. The summed E-state index contributed by atoms with van der Waals surface area (Å²) in [5.41, 5.74) is 0. The first kappa shape index (κ1) is 16.3. The van der Waals surface area contributed by atoms with Crippen molar-refractivity contribution in [3.63, 3.8) is 0 Å². The van der Waals surface area contributed by atoms with Gasteiger partial charge in [0, 0.05) is 6.61 Å². The van der Waals surface area contributed by atoms with Gasteiger partial charge in [-0.15, -0.1) is 11.3 Å². The fourth-order valence-corrected chi connectivity index (χ4v) is 3.07. The van der Waals surface area contributed by atoms with Gasteiger partial charge in [0.25, 0.3) is 9.70 Å². The predicted molar refractivity (Wildman–Crippen MR) is 81.6 cm³/mol. The lowest BCUT2D eigenvalue weighted by atomic mass is 10.2. The van der Waals surface area contributed by atoms with E-state index in [-0.39, 0.29) is 12.0 Å². The van der Waals surface area contributed by atoms with E-state index in [2.05, 4.69) is 5.32 Å². The van der Waals surface area contributed by atoms with E-state index in [9.17, 15) is 4.79 Å². The number of quaternary nitrogens is 1. The molecule has 4 nitrogen and oxygen atoms in total. The molecule has 1 amide bonds. The largest absolute Gasteiger partial charge is 0.372 e. The van der Waals surface area contributed by atoms with Crippen molar-refractivity contribution in [2.24, 2.45) is 0 Å². The minimum atomic E-state index is -1.58. The molecule has 0 aliphatic carbocycles. The summed E-state index contributed by atoms with van der Waals surface area (Å²) in [5, 5.41) is 6.39.